The van der Waals surface area contributed by atoms with Crippen molar-refractivity contribution in [1.29, 1.82) is 0 Å². The Labute approximate surface area is 146 Å². The minimum absolute atomic E-state index is 0.0795. The monoisotopic (exact) mass is 342 g/mol. The van der Waals surface area contributed by atoms with E-state index in [0.29, 0.717) is 25.1 Å². The van der Waals surface area contributed by atoms with Gasteiger partial charge in [-0.15, -0.1) is 0 Å². The standard InChI is InChI=1S/C18H22N4O3/c23-16-14-7-4-9-19-15(14)17(24)22(16)13-8-10-21(11-13)18(25)20-12-5-2-1-3-6-12/h4,7,9,12-13H,1-3,5-6,8,10-11H2,(H,20,25). The number of urea groups is 1. The van der Waals surface area contributed by atoms with Crippen molar-refractivity contribution in [1.82, 2.24) is 20.1 Å². The SMILES string of the molecule is O=C(NC1CCCCC1)N1CCC(N2C(=O)c3cccnc3C2=O)C1. The normalized spacial score (nSPS) is 23.9. The summed E-state index contributed by atoms with van der Waals surface area (Å²) < 4.78 is 0. The summed E-state index contributed by atoms with van der Waals surface area (Å²) in [6.07, 6.45) is 7.77. The zero-order valence-corrected chi connectivity index (χ0v) is 14.1. The Kier molecular flexibility index (Phi) is 4.15. The lowest BCUT2D eigenvalue weighted by Crippen LogP contribution is -2.47. The summed E-state index contributed by atoms with van der Waals surface area (Å²) in [5.41, 5.74) is 0.579. The highest BCUT2D eigenvalue weighted by Gasteiger charge is 2.43. The highest BCUT2D eigenvalue weighted by molar-refractivity contribution is 6.20. The van der Waals surface area contributed by atoms with Crippen LogP contribution in [0.1, 0.15) is 59.4 Å². The Hall–Kier alpha value is -2.44. The number of hydrogen-bond acceptors (Lipinski definition) is 4. The van der Waals surface area contributed by atoms with E-state index in [1.54, 1.807) is 17.0 Å². The summed E-state index contributed by atoms with van der Waals surface area (Å²) in [5, 5.41) is 3.10. The zero-order valence-electron chi connectivity index (χ0n) is 14.1. The van der Waals surface area contributed by atoms with E-state index in [2.05, 4.69) is 10.3 Å². The van der Waals surface area contributed by atoms with E-state index in [-0.39, 0.29) is 35.6 Å². The molecule has 2 fully saturated rings. The Morgan fingerprint density at radius 2 is 1.92 bits per heavy atom. The maximum Gasteiger partial charge on any atom is 0.317 e. The third kappa shape index (κ3) is 2.88. The van der Waals surface area contributed by atoms with Crippen LogP contribution in [-0.2, 0) is 0 Å². The van der Waals surface area contributed by atoms with Crippen LogP contribution in [-0.4, -0.2) is 57.8 Å². The van der Waals surface area contributed by atoms with Gasteiger partial charge >= 0.3 is 6.03 Å². The van der Waals surface area contributed by atoms with Gasteiger partial charge in [0.05, 0.1) is 11.6 Å². The number of rotatable bonds is 2. The molecule has 2 aliphatic heterocycles. The first-order valence-corrected chi connectivity index (χ1v) is 9.03. The van der Waals surface area contributed by atoms with Crippen LogP contribution in [0.3, 0.4) is 0 Å². The molecule has 1 aromatic heterocycles. The number of carbonyl (C=O) groups excluding carboxylic acids is 3. The fourth-order valence-corrected chi connectivity index (χ4v) is 4.07. The summed E-state index contributed by atoms with van der Waals surface area (Å²) >= 11 is 0. The van der Waals surface area contributed by atoms with Gasteiger partial charge in [0.2, 0.25) is 0 Å². The summed E-state index contributed by atoms with van der Waals surface area (Å²) in [7, 11) is 0. The number of nitrogens with zero attached hydrogens (tertiary/aromatic N) is 3. The molecule has 132 valence electrons. The van der Waals surface area contributed by atoms with Crippen molar-refractivity contribution in [3.05, 3.63) is 29.6 Å². The first kappa shape index (κ1) is 16.1. The van der Waals surface area contributed by atoms with E-state index in [9.17, 15) is 14.4 Å². The van der Waals surface area contributed by atoms with Gasteiger partial charge in [-0.2, -0.15) is 0 Å². The van der Waals surface area contributed by atoms with E-state index < -0.39 is 0 Å². The van der Waals surface area contributed by atoms with Crippen molar-refractivity contribution in [3.63, 3.8) is 0 Å². The molecule has 25 heavy (non-hydrogen) atoms. The summed E-state index contributed by atoms with van der Waals surface area (Å²) in [6, 6.07) is 3.19. The number of pyridine rings is 1. The molecule has 4 rings (SSSR count). The largest absolute Gasteiger partial charge is 0.335 e. The van der Waals surface area contributed by atoms with Gasteiger partial charge in [-0.1, -0.05) is 19.3 Å². The highest BCUT2D eigenvalue weighted by atomic mass is 16.2. The quantitative estimate of drug-likeness (QED) is 0.831. The molecule has 1 aromatic rings. The van der Waals surface area contributed by atoms with Gasteiger partial charge in [-0.05, 0) is 31.4 Å². The predicted molar refractivity (Wildman–Crippen MR) is 90.1 cm³/mol. The first-order valence-electron chi connectivity index (χ1n) is 9.03. The van der Waals surface area contributed by atoms with Crippen LogP contribution < -0.4 is 5.32 Å². The molecule has 3 aliphatic rings. The lowest BCUT2D eigenvalue weighted by molar-refractivity contribution is 0.0587. The molecular weight excluding hydrogens is 320 g/mol. The number of aromatic nitrogens is 1. The molecule has 7 heteroatoms. The average Bonchev–Trinajstić information content (AvgIpc) is 3.20. The van der Waals surface area contributed by atoms with Gasteiger partial charge in [0.25, 0.3) is 11.8 Å². The number of hydrogen-bond donors (Lipinski definition) is 1. The molecule has 3 heterocycles. The van der Waals surface area contributed by atoms with E-state index >= 15 is 0 Å². The lowest BCUT2D eigenvalue weighted by Gasteiger charge is -2.27. The fraction of sp³-hybridized carbons (Fsp3) is 0.556. The number of likely N-dealkylation sites (tertiary alicyclic amines) is 1. The van der Waals surface area contributed by atoms with E-state index in [1.165, 1.54) is 17.5 Å². The molecule has 0 spiro atoms. The number of fused-ring (bicyclic) bond motifs is 1. The molecule has 1 atom stereocenters. The van der Waals surface area contributed by atoms with Crippen LogP contribution in [0.2, 0.25) is 0 Å². The van der Waals surface area contributed by atoms with E-state index in [0.717, 1.165) is 25.7 Å². The first-order chi connectivity index (χ1) is 12.1. The Morgan fingerprint density at radius 1 is 1.12 bits per heavy atom. The van der Waals surface area contributed by atoms with Crippen LogP contribution in [0.5, 0.6) is 0 Å². The highest BCUT2D eigenvalue weighted by Crippen LogP contribution is 2.27. The van der Waals surface area contributed by atoms with Gasteiger partial charge < -0.3 is 10.2 Å². The topological polar surface area (TPSA) is 82.6 Å². The number of carbonyl (C=O) groups is 3. The summed E-state index contributed by atoms with van der Waals surface area (Å²) in [6.45, 7) is 0.952. The van der Waals surface area contributed by atoms with Crippen LogP contribution in [0.4, 0.5) is 4.79 Å². The second kappa shape index (κ2) is 6.46. The molecule has 1 N–H and O–H groups in total. The third-order valence-electron chi connectivity index (χ3n) is 5.43. The third-order valence-corrected chi connectivity index (χ3v) is 5.43. The van der Waals surface area contributed by atoms with Gasteiger partial charge in [-0.25, -0.2) is 4.79 Å². The zero-order chi connectivity index (χ0) is 17.4. The van der Waals surface area contributed by atoms with Gasteiger partial charge in [-0.3, -0.25) is 19.5 Å². The van der Waals surface area contributed by atoms with Crippen molar-refractivity contribution in [3.8, 4) is 0 Å². The van der Waals surface area contributed by atoms with Crippen molar-refractivity contribution < 1.29 is 14.4 Å². The Bertz CT molecular complexity index is 679. The van der Waals surface area contributed by atoms with Crippen LogP contribution in [0, 0.1) is 0 Å². The number of amides is 4. The predicted octanol–water partition coefficient (Wildman–Crippen LogP) is 1.79. The number of nitrogens with one attached hydrogen (secondary N) is 1. The van der Waals surface area contributed by atoms with Crippen molar-refractivity contribution >= 4 is 17.8 Å². The molecule has 0 bridgehead atoms. The Morgan fingerprint density at radius 3 is 2.68 bits per heavy atom. The van der Waals surface area contributed by atoms with Crippen LogP contribution in [0.15, 0.2) is 18.3 Å². The molecule has 1 saturated heterocycles. The molecule has 1 saturated carbocycles. The van der Waals surface area contributed by atoms with Crippen LogP contribution in [0.25, 0.3) is 0 Å². The van der Waals surface area contributed by atoms with Gasteiger partial charge in [0.15, 0.2) is 0 Å². The summed E-state index contributed by atoms with van der Waals surface area (Å²) in [5.74, 6) is -0.646. The molecule has 7 nitrogen and oxygen atoms in total. The lowest BCUT2D eigenvalue weighted by atomic mass is 9.96. The molecule has 0 radical (unpaired) electrons. The van der Waals surface area contributed by atoms with Crippen LogP contribution >= 0.6 is 0 Å². The smallest absolute Gasteiger partial charge is 0.317 e. The molecule has 1 aliphatic carbocycles. The molecule has 4 amide bonds. The fourth-order valence-electron chi connectivity index (χ4n) is 4.07. The van der Waals surface area contributed by atoms with Gasteiger partial charge in [0, 0.05) is 25.3 Å². The average molecular weight is 342 g/mol. The maximum absolute atomic E-state index is 12.5. The molecule has 1 unspecified atom stereocenters. The number of imide groups is 1. The minimum atomic E-state index is -0.347. The molecular formula is C18H22N4O3. The second-order valence-corrected chi connectivity index (χ2v) is 7.05. The summed E-state index contributed by atoms with van der Waals surface area (Å²) in [4.78, 5) is 44.6. The second-order valence-electron chi connectivity index (χ2n) is 7.05. The van der Waals surface area contributed by atoms with E-state index in [1.807, 2.05) is 0 Å². The minimum Gasteiger partial charge on any atom is -0.335 e. The Balaban J connectivity index is 1.40. The van der Waals surface area contributed by atoms with Gasteiger partial charge in [0.1, 0.15) is 5.69 Å². The molecule has 0 aromatic carbocycles. The van der Waals surface area contributed by atoms with Crippen molar-refractivity contribution in [2.24, 2.45) is 0 Å². The van der Waals surface area contributed by atoms with Crippen molar-refractivity contribution in [2.75, 3.05) is 13.1 Å². The van der Waals surface area contributed by atoms with E-state index in [4.69, 9.17) is 0 Å². The van der Waals surface area contributed by atoms with Crippen molar-refractivity contribution in [2.45, 2.75) is 50.6 Å². The maximum atomic E-state index is 12.5.